The van der Waals surface area contributed by atoms with Gasteiger partial charge in [-0.15, -0.1) is 11.3 Å². The predicted octanol–water partition coefficient (Wildman–Crippen LogP) is 3.46. The molecule has 2 heterocycles. The van der Waals surface area contributed by atoms with Crippen LogP contribution < -0.4 is 5.32 Å². The second-order valence-electron chi connectivity index (χ2n) is 5.77. The molecule has 3 amide bonds. The van der Waals surface area contributed by atoms with Crippen LogP contribution in [0.1, 0.15) is 16.3 Å². The molecule has 0 spiro atoms. The smallest absolute Gasteiger partial charge is 0.293 e. The van der Waals surface area contributed by atoms with Crippen LogP contribution >= 0.6 is 23.1 Å². The number of halogens is 1. The molecule has 6 nitrogen and oxygen atoms in total. The van der Waals surface area contributed by atoms with Crippen molar-refractivity contribution in [3.05, 3.63) is 62.7 Å². The molecule has 0 aliphatic carbocycles. The summed E-state index contributed by atoms with van der Waals surface area (Å²) >= 11 is 2.24. The number of amides is 3. The molecule has 9 heteroatoms. The van der Waals surface area contributed by atoms with E-state index in [1.165, 1.54) is 35.6 Å². The molecular weight excluding hydrogens is 401 g/mol. The highest BCUT2D eigenvalue weighted by molar-refractivity contribution is 8.18. The van der Waals surface area contributed by atoms with Crippen molar-refractivity contribution < 1.29 is 18.8 Å². The van der Waals surface area contributed by atoms with Gasteiger partial charge < -0.3 is 5.32 Å². The summed E-state index contributed by atoms with van der Waals surface area (Å²) in [5, 5.41) is 4.91. The van der Waals surface area contributed by atoms with Gasteiger partial charge >= 0.3 is 0 Å². The van der Waals surface area contributed by atoms with Crippen molar-refractivity contribution in [2.75, 3.05) is 13.1 Å². The fourth-order valence-electron chi connectivity index (χ4n) is 2.39. The average molecular weight is 417 g/mol. The first-order chi connectivity index (χ1) is 13.4. The fraction of sp³-hybridized carbons (Fsp3) is 0.158. The summed E-state index contributed by atoms with van der Waals surface area (Å²) < 4.78 is 13.7. The van der Waals surface area contributed by atoms with E-state index in [0.29, 0.717) is 5.69 Å². The van der Waals surface area contributed by atoms with Crippen molar-refractivity contribution >= 4 is 52.3 Å². The lowest BCUT2D eigenvalue weighted by Crippen LogP contribution is -2.36. The van der Waals surface area contributed by atoms with Crippen molar-refractivity contribution in [3.8, 4) is 0 Å². The van der Waals surface area contributed by atoms with Crippen LogP contribution in [0, 0.1) is 12.7 Å². The van der Waals surface area contributed by atoms with Crippen LogP contribution in [-0.2, 0) is 9.59 Å². The molecule has 1 N–H and O–H groups in total. The van der Waals surface area contributed by atoms with Gasteiger partial charge in [0.2, 0.25) is 5.91 Å². The van der Waals surface area contributed by atoms with E-state index < -0.39 is 17.0 Å². The van der Waals surface area contributed by atoms with Crippen molar-refractivity contribution in [3.63, 3.8) is 0 Å². The zero-order chi connectivity index (χ0) is 20.1. The van der Waals surface area contributed by atoms with E-state index in [2.05, 4.69) is 10.3 Å². The molecule has 0 bridgehead atoms. The van der Waals surface area contributed by atoms with Crippen LogP contribution in [0.4, 0.5) is 9.18 Å². The number of rotatable bonds is 6. The van der Waals surface area contributed by atoms with E-state index in [9.17, 15) is 18.8 Å². The van der Waals surface area contributed by atoms with Gasteiger partial charge in [-0.1, -0.05) is 18.2 Å². The Balaban J connectivity index is 1.54. The Morgan fingerprint density at radius 1 is 1.32 bits per heavy atom. The van der Waals surface area contributed by atoms with E-state index >= 15 is 0 Å². The SMILES string of the molecule is Cc1nc(/C=C/C(=O)NCCN2C(=O)S/C(=C\c3ccccc3F)C2=O)cs1. The van der Waals surface area contributed by atoms with Crippen LogP contribution in [0.2, 0.25) is 0 Å². The topological polar surface area (TPSA) is 79.4 Å². The molecule has 1 fully saturated rings. The number of carbonyl (C=O) groups is 3. The predicted molar refractivity (Wildman–Crippen MR) is 108 cm³/mol. The minimum absolute atomic E-state index is 0.0364. The monoisotopic (exact) mass is 417 g/mol. The van der Waals surface area contributed by atoms with Crippen LogP contribution in [0.15, 0.2) is 40.6 Å². The Morgan fingerprint density at radius 3 is 2.82 bits per heavy atom. The highest BCUT2D eigenvalue weighted by Crippen LogP contribution is 2.32. The van der Waals surface area contributed by atoms with Crippen LogP contribution in [0.25, 0.3) is 12.2 Å². The molecule has 28 heavy (non-hydrogen) atoms. The fourth-order valence-corrected chi connectivity index (χ4v) is 3.83. The van der Waals surface area contributed by atoms with Gasteiger partial charge in [0.1, 0.15) is 5.82 Å². The second-order valence-corrected chi connectivity index (χ2v) is 7.83. The molecule has 1 saturated heterocycles. The Kier molecular flexibility index (Phi) is 6.37. The number of aromatic nitrogens is 1. The second kappa shape index (κ2) is 8.94. The summed E-state index contributed by atoms with van der Waals surface area (Å²) in [5.41, 5.74) is 0.936. The summed E-state index contributed by atoms with van der Waals surface area (Å²) in [6.45, 7) is 2.03. The quantitative estimate of drug-likeness (QED) is 0.729. The average Bonchev–Trinajstić information content (AvgIpc) is 3.19. The number of imide groups is 1. The maximum absolute atomic E-state index is 13.7. The van der Waals surface area contributed by atoms with Crippen LogP contribution in [0.3, 0.4) is 0 Å². The van der Waals surface area contributed by atoms with Crippen molar-refractivity contribution in [2.24, 2.45) is 0 Å². The number of nitrogens with zero attached hydrogens (tertiary/aromatic N) is 2. The van der Waals surface area contributed by atoms with Gasteiger partial charge in [-0.05, 0) is 36.9 Å². The van der Waals surface area contributed by atoms with Crippen LogP contribution in [-0.4, -0.2) is 40.0 Å². The van der Waals surface area contributed by atoms with Crippen molar-refractivity contribution in [2.45, 2.75) is 6.92 Å². The molecule has 144 valence electrons. The van der Waals surface area contributed by atoms with Gasteiger partial charge in [-0.25, -0.2) is 9.37 Å². The Labute approximate surface area is 169 Å². The number of carbonyl (C=O) groups excluding carboxylic acids is 3. The van der Waals surface area contributed by atoms with Gasteiger partial charge in [-0.3, -0.25) is 19.3 Å². The molecule has 1 aliphatic heterocycles. The van der Waals surface area contributed by atoms with E-state index in [1.54, 1.807) is 18.2 Å². The lowest BCUT2D eigenvalue weighted by Gasteiger charge is -2.12. The third-order valence-electron chi connectivity index (χ3n) is 3.74. The molecule has 0 saturated carbocycles. The lowest BCUT2D eigenvalue weighted by atomic mass is 10.2. The largest absolute Gasteiger partial charge is 0.351 e. The molecule has 0 radical (unpaired) electrons. The molecular formula is C19H16FN3O3S2. The molecule has 0 atom stereocenters. The summed E-state index contributed by atoms with van der Waals surface area (Å²) in [6.07, 6.45) is 4.30. The van der Waals surface area contributed by atoms with Gasteiger partial charge in [-0.2, -0.15) is 0 Å². The van der Waals surface area contributed by atoms with Crippen molar-refractivity contribution in [1.29, 1.82) is 0 Å². The Hall–Kier alpha value is -2.78. The van der Waals surface area contributed by atoms with E-state index in [-0.39, 0.29) is 29.5 Å². The summed E-state index contributed by atoms with van der Waals surface area (Å²) in [6, 6.07) is 6.01. The first kappa shape index (κ1) is 20.0. The number of hydrogen-bond acceptors (Lipinski definition) is 6. The first-order valence-electron chi connectivity index (χ1n) is 8.32. The molecule has 1 aromatic carbocycles. The third-order valence-corrected chi connectivity index (χ3v) is 5.44. The number of thiazole rings is 1. The van der Waals surface area contributed by atoms with Gasteiger partial charge in [0.15, 0.2) is 0 Å². The number of benzene rings is 1. The summed E-state index contributed by atoms with van der Waals surface area (Å²) in [4.78, 5) is 41.7. The highest BCUT2D eigenvalue weighted by atomic mass is 32.2. The molecule has 3 rings (SSSR count). The minimum atomic E-state index is -0.499. The maximum Gasteiger partial charge on any atom is 0.293 e. The number of thioether (sulfide) groups is 1. The maximum atomic E-state index is 13.7. The normalized spacial score (nSPS) is 15.8. The number of nitrogens with one attached hydrogen (secondary N) is 1. The lowest BCUT2D eigenvalue weighted by molar-refractivity contribution is -0.123. The molecule has 1 aromatic heterocycles. The van der Waals surface area contributed by atoms with Crippen molar-refractivity contribution in [1.82, 2.24) is 15.2 Å². The Bertz CT molecular complexity index is 984. The summed E-state index contributed by atoms with van der Waals surface area (Å²) in [7, 11) is 0. The van der Waals surface area contributed by atoms with Gasteiger partial charge in [0.05, 0.1) is 15.6 Å². The number of aryl methyl sites for hydroxylation is 1. The number of hydrogen-bond donors (Lipinski definition) is 1. The van der Waals surface area contributed by atoms with Crippen LogP contribution in [0.5, 0.6) is 0 Å². The highest BCUT2D eigenvalue weighted by Gasteiger charge is 2.34. The van der Waals surface area contributed by atoms with Gasteiger partial charge in [0, 0.05) is 30.1 Å². The van der Waals surface area contributed by atoms with E-state index in [0.717, 1.165) is 21.7 Å². The zero-order valence-electron chi connectivity index (χ0n) is 14.8. The zero-order valence-corrected chi connectivity index (χ0v) is 16.5. The standard InChI is InChI=1S/C19H16FN3O3S2/c1-12-22-14(11-27-12)6-7-17(24)21-8-9-23-18(25)16(28-19(23)26)10-13-4-2-3-5-15(13)20/h2-7,10-11H,8-9H2,1H3,(H,21,24)/b7-6+,16-10-. The van der Waals surface area contributed by atoms with E-state index in [4.69, 9.17) is 0 Å². The Morgan fingerprint density at radius 2 is 2.11 bits per heavy atom. The molecule has 0 unspecified atom stereocenters. The third kappa shape index (κ3) is 4.93. The van der Waals surface area contributed by atoms with E-state index in [1.807, 2.05) is 12.3 Å². The first-order valence-corrected chi connectivity index (χ1v) is 10.0. The summed E-state index contributed by atoms with van der Waals surface area (Å²) in [5.74, 6) is -1.32. The molecule has 1 aliphatic rings. The molecule has 2 aromatic rings. The minimum Gasteiger partial charge on any atom is -0.351 e. The van der Waals surface area contributed by atoms with Gasteiger partial charge in [0.25, 0.3) is 11.1 Å².